The highest BCUT2D eigenvalue weighted by molar-refractivity contribution is 5.99. The van der Waals surface area contributed by atoms with Gasteiger partial charge in [0.25, 0.3) is 0 Å². The van der Waals surface area contributed by atoms with Crippen molar-refractivity contribution in [2.75, 3.05) is 43.4 Å². The van der Waals surface area contributed by atoms with Crippen LogP contribution in [0, 0.1) is 11.8 Å². The third-order valence-corrected chi connectivity index (χ3v) is 7.10. The van der Waals surface area contributed by atoms with Gasteiger partial charge in [-0.3, -0.25) is 4.79 Å². The Bertz CT molecular complexity index is 1420. The summed E-state index contributed by atoms with van der Waals surface area (Å²) in [5.41, 5.74) is 4.63. The topological polar surface area (TPSA) is 86.4 Å². The van der Waals surface area contributed by atoms with Crippen LogP contribution in [0.2, 0.25) is 0 Å². The number of likely N-dealkylation sites (tertiary alicyclic amines) is 1. The molecule has 4 heterocycles. The van der Waals surface area contributed by atoms with E-state index in [1.54, 1.807) is 12.1 Å². The summed E-state index contributed by atoms with van der Waals surface area (Å²) >= 11 is 0. The number of benzene rings is 2. The van der Waals surface area contributed by atoms with E-state index in [1.165, 1.54) is 31.2 Å². The third kappa shape index (κ3) is 4.31. The molecule has 4 aromatic rings. The predicted octanol–water partition coefficient (Wildman–Crippen LogP) is 4.54. The minimum Gasteiger partial charge on any atom is -0.438 e. The van der Waals surface area contributed by atoms with Gasteiger partial charge >= 0.3 is 0 Å². The molecule has 2 fully saturated rings. The molecule has 182 valence electrons. The molecule has 2 atom stereocenters. The summed E-state index contributed by atoms with van der Waals surface area (Å²) in [4.78, 5) is 28.7. The van der Waals surface area contributed by atoms with Crippen LogP contribution in [0.1, 0.15) is 0 Å². The van der Waals surface area contributed by atoms with Crippen LogP contribution in [-0.2, 0) is 4.79 Å². The number of aromatic amines is 1. The van der Waals surface area contributed by atoms with E-state index in [9.17, 15) is 4.79 Å². The molecule has 0 radical (unpaired) electrons. The lowest BCUT2D eigenvalue weighted by Crippen LogP contribution is -2.26. The van der Waals surface area contributed by atoms with Crippen LogP contribution in [0.4, 0.5) is 11.4 Å². The molecule has 0 bridgehead atoms. The number of anilines is 2. The van der Waals surface area contributed by atoms with Gasteiger partial charge < -0.3 is 24.8 Å². The van der Waals surface area contributed by atoms with Crippen molar-refractivity contribution in [2.45, 2.75) is 0 Å². The quantitative estimate of drug-likeness (QED) is 0.394. The van der Waals surface area contributed by atoms with E-state index in [1.807, 2.05) is 18.2 Å². The van der Waals surface area contributed by atoms with Crippen molar-refractivity contribution >= 4 is 28.3 Å². The van der Waals surface area contributed by atoms with Gasteiger partial charge in [0.2, 0.25) is 11.8 Å². The zero-order valence-electron chi connectivity index (χ0n) is 20.1. The Balaban J connectivity index is 1.21. The lowest BCUT2D eigenvalue weighted by atomic mass is 10.0. The van der Waals surface area contributed by atoms with Gasteiger partial charge in [-0.25, -0.2) is 9.97 Å². The Morgan fingerprint density at radius 1 is 1.08 bits per heavy atom. The normalized spacial score (nSPS) is 19.4. The fraction of sp³-hybridized carbons (Fsp3) is 0.250. The maximum Gasteiger partial charge on any atom is 0.247 e. The Kier molecular flexibility index (Phi) is 5.65. The molecule has 36 heavy (non-hydrogen) atoms. The van der Waals surface area contributed by atoms with Gasteiger partial charge in [-0.2, -0.15) is 0 Å². The molecule has 2 N–H and O–H groups in total. The van der Waals surface area contributed by atoms with Crippen LogP contribution in [-0.4, -0.2) is 59.0 Å². The van der Waals surface area contributed by atoms with Crippen molar-refractivity contribution in [3.05, 3.63) is 73.6 Å². The molecule has 0 saturated carbocycles. The lowest BCUT2D eigenvalue weighted by molar-refractivity contribution is -0.111. The van der Waals surface area contributed by atoms with Crippen molar-refractivity contribution in [2.24, 2.45) is 11.8 Å². The summed E-state index contributed by atoms with van der Waals surface area (Å²) < 4.78 is 6.07. The van der Waals surface area contributed by atoms with Gasteiger partial charge in [0, 0.05) is 49.3 Å². The van der Waals surface area contributed by atoms with E-state index < -0.39 is 0 Å². The summed E-state index contributed by atoms with van der Waals surface area (Å²) in [5, 5.41) is 3.52. The number of amides is 1. The smallest absolute Gasteiger partial charge is 0.247 e. The zero-order valence-corrected chi connectivity index (χ0v) is 20.1. The largest absolute Gasteiger partial charge is 0.438 e. The highest BCUT2D eigenvalue weighted by Gasteiger charge is 2.38. The van der Waals surface area contributed by atoms with Crippen molar-refractivity contribution in [3.8, 4) is 22.9 Å². The molecule has 2 aliphatic rings. The molecule has 2 saturated heterocycles. The predicted molar refractivity (Wildman–Crippen MR) is 141 cm³/mol. The Labute approximate surface area is 209 Å². The molecule has 0 aliphatic carbocycles. The summed E-state index contributed by atoms with van der Waals surface area (Å²) in [6.07, 6.45) is 2.70. The fourth-order valence-electron chi connectivity index (χ4n) is 5.39. The van der Waals surface area contributed by atoms with Gasteiger partial charge in [0.15, 0.2) is 0 Å². The number of hydrogen-bond donors (Lipinski definition) is 2. The van der Waals surface area contributed by atoms with Crippen LogP contribution >= 0.6 is 0 Å². The number of H-pyrrole nitrogens is 1. The molecule has 0 spiro atoms. The number of nitrogens with one attached hydrogen (secondary N) is 2. The monoisotopic (exact) mass is 480 g/mol. The zero-order chi connectivity index (χ0) is 24.6. The van der Waals surface area contributed by atoms with Crippen molar-refractivity contribution in [1.29, 1.82) is 0 Å². The Morgan fingerprint density at radius 2 is 1.86 bits per heavy atom. The van der Waals surface area contributed by atoms with Crippen LogP contribution in [0.15, 0.2) is 73.6 Å². The van der Waals surface area contributed by atoms with E-state index in [4.69, 9.17) is 4.74 Å². The molecular formula is C28H28N6O2. The average Bonchev–Trinajstić information content (AvgIpc) is 3.58. The number of hydrogen-bond acceptors (Lipinski definition) is 6. The van der Waals surface area contributed by atoms with Gasteiger partial charge in [0.1, 0.15) is 17.7 Å². The minimum atomic E-state index is -0.280. The van der Waals surface area contributed by atoms with E-state index in [0.717, 1.165) is 41.6 Å². The number of carbonyl (C=O) groups excluding carboxylic acids is 1. The molecule has 2 aromatic carbocycles. The summed E-state index contributed by atoms with van der Waals surface area (Å²) in [5.74, 6) is 2.28. The number of rotatable bonds is 6. The summed E-state index contributed by atoms with van der Waals surface area (Å²) in [7, 11) is 2.22. The maximum atomic E-state index is 11.6. The fourth-order valence-corrected chi connectivity index (χ4v) is 5.39. The molecule has 2 aromatic heterocycles. The second kappa shape index (κ2) is 9.13. The number of aromatic nitrogens is 3. The third-order valence-electron chi connectivity index (χ3n) is 7.10. The summed E-state index contributed by atoms with van der Waals surface area (Å²) in [6.45, 7) is 8.15. The maximum absolute atomic E-state index is 11.6. The Morgan fingerprint density at radius 3 is 2.61 bits per heavy atom. The van der Waals surface area contributed by atoms with E-state index in [2.05, 4.69) is 68.0 Å². The van der Waals surface area contributed by atoms with Gasteiger partial charge in [-0.1, -0.05) is 24.8 Å². The van der Waals surface area contributed by atoms with Crippen LogP contribution in [0.3, 0.4) is 0 Å². The van der Waals surface area contributed by atoms with E-state index in [-0.39, 0.29) is 5.91 Å². The van der Waals surface area contributed by atoms with Gasteiger partial charge in [-0.05, 0) is 60.9 Å². The lowest BCUT2D eigenvalue weighted by Gasteiger charge is -2.21. The highest BCUT2D eigenvalue weighted by atomic mass is 16.5. The molecule has 2 aliphatic heterocycles. The average molecular weight is 481 g/mol. The van der Waals surface area contributed by atoms with Crippen LogP contribution in [0.25, 0.3) is 22.3 Å². The standard InChI is InChI=1S/C28H28N6O2/c1-3-26(35)31-21-5-4-6-23(11-21)36-28-24-12-25(32-27(24)29-17-30-28)18-7-9-22(10-8-18)34-15-19-13-33(2)14-20(19)16-34/h3-12,17,19-20H,1,13-16H2,2H3,(H,31,35)(H,29,30,32). The van der Waals surface area contributed by atoms with E-state index in [0.29, 0.717) is 23.0 Å². The first-order chi connectivity index (χ1) is 17.6. The van der Waals surface area contributed by atoms with Crippen molar-refractivity contribution in [3.63, 3.8) is 0 Å². The number of nitrogens with zero attached hydrogens (tertiary/aromatic N) is 4. The van der Waals surface area contributed by atoms with E-state index >= 15 is 0 Å². The molecule has 8 nitrogen and oxygen atoms in total. The van der Waals surface area contributed by atoms with Crippen LogP contribution in [0.5, 0.6) is 11.6 Å². The molecular weight excluding hydrogens is 452 g/mol. The Hall–Kier alpha value is -4.17. The first-order valence-electron chi connectivity index (χ1n) is 12.1. The van der Waals surface area contributed by atoms with Crippen molar-refractivity contribution < 1.29 is 9.53 Å². The molecule has 8 heteroatoms. The number of ether oxygens (including phenoxy) is 1. The second-order valence-electron chi connectivity index (χ2n) is 9.64. The summed E-state index contributed by atoms with van der Waals surface area (Å²) in [6, 6.07) is 17.9. The van der Waals surface area contributed by atoms with Crippen molar-refractivity contribution in [1.82, 2.24) is 19.9 Å². The molecule has 2 unspecified atom stereocenters. The second-order valence-corrected chi connectivity index (χ2v) is 9.64. The van der Waals surface area contributed by atoms with Crippen LogP contribution < -0.4 is 15.0 Å². The van der Waals surface area contributed by atoms with Gasteiger partial charge in [0.05, 0.1) is 5.39 Å². The number of carbonyl (C=O) groups is 1. The van der Waals surface area contributed by atoms with Gasteiger partial charge in [-0.15, -0.1) is 0 Å². The first-order valence-corrected chi connectivity index (χ1v) is 12.1. The SMILES string of the molecule is C=CC(=O)Nc1cccc(Oc2ncnc3[nH]c(-c4ccc(N5CC6CN(C)CC6C5)cc4)cc23)c1. The highest BCUT2D eigenvalue weighted by Crippen LogP contribution is 2.35. The molecule has 1 amide bonds. The minimum absolute atomic E-state index is 0.280. The number of fused-ring (bicyclic) bond motifs is 2. The molecule has 6 rings (SSSR count). The first kappa shape index (κ1) is 22.3.